The average molecular weight is 300 g/mol. The van der Waals surface area contributed by atoms with Gasteiger partial charge in [0, 0.05) is 23.2 Å². The van der Waals surface area contributed by atoms with Gasteiger partial charge in [0.05, 0.1) is 11.4 Å². The fourth-order valence-electron chi connectivity index (χ4n) is 2.65. The predicted octanol–water partition coefficient (Wildman–Crippen LogP) is 3.77. The van der Waals surface area contributed by atoms with Crippen molar-refractivity contribution >= 4 is 17.2 Å². The van der Waals surface area contributed by atoms with Crippen LogP contribution in [0.25, 0.3) is 16.9 Å². The molecule has 0 radical (unpaired) electrons. The van der Waals surface area contributed by atoms with Gasteiger partial charge in [0.2, 0.25) is 0 Å². The highest BCUT2D eigenvalue weighted by atomic mass is 35.5. The van der Waals surface area contributed by atoms with Gasteiger partial charge in [0.15, 0.2) is 0 Å². The van der Waals surface area contributed by atoms with Crippen LogP contribution in [-0.4, -0.2) is 15.9 Å². The molecule has 0 saturated carbocycles. The Hall–Kier alpha value is -1.84. The van der Waals surface area contributed by atoms with Gasteiger partial charge in [0.1, 0.15) is 5.65 Å². The van der Waals surface area contributed by atoms with E-state index in [1.54, 1.807) is 0 Å². The standard InChI is InChI=1S/C17H18ClN3/c1-11-4-3-9-21-15(7-8-19)16(20-17(11)21)13-5-6-14(18)12(2)10-13/h3-6,9-10H,7-8,19H2,1-2H3. The molecule has 3 nitrogen and oxygen atoms in total. The number of imidazole rings is 1. The number of nitrogens with zero attached hydrogens (tertiary/aromatic N) is 2. The van der Waals surface area contributed by atoms with E-state index in [4.69, 9.17) is 22.3 Å². The lowest BCUT2D eigenvalue weighted by Crippen LogP contribution is -2.06. The lowest BCUT2D eigenvalue weighted by molar-refractivity contribution is 0.906. The number of hydrogen-bond acceptors (Lipinski definition) is 2. The largest absolute Gasteiger partial charge is 0.330 e. The van der Waals surface area contributed by atoms with Crippen LogP contribution >= 0.6 is 11.6 Å². The molecule has 0 spiro atoms. The van der Waals surface area contributed by atoms with Crippen molar-refractivity contribution in [3.05, 3.63) is 58.4 Å². The number of rotatable bonds is 3. The number of pyridine rings is 1. The molecule has 0 aliphatic rings. The van der Waals surface area contributed by atoms with Crippen LogP contribution in [0.2, 0.25) is 5.02 Å². The highest BCUT2D eigenvalue weighted by molar-refractivity contribution is 6.31. The van der Waals surface area contributed by atoms with Crippen molar-refractivity contribution in [3.63, 3.8) is 0 Å². The monoisotopic (exact) mass is 299 g/mol. The highest BCUT2D eigenvalue weighted by Crippen LogP contribution is 2.28. The summed E-state index contributed by atoms with van der Waals surface area (Å²) in [5.41, 5.74) is 12.2. The van der Waals surface area contributed by atoms with Gasteiger partial charge in [-0.2, -0.15) is 0 Å². The smallest absolute Gasteiger partial charge is 0.140 e. The average Bonchev–Trinajstić information content (AvgIpc) is 2.83. The molecule has 0 aliphatic carbocycles. The van der Waals surface area contributed by atoms with Crippen LogP contribution in [0.15, 0.2) is 36.5 Å². The van der Waals surface area contributed by atoms with E-state index >= 15 is 0 Å². The molecule has 108 valence electrons. The Balaban J connectivity index is 2.27. The second-order valence-corrected chi connectivity index (χ2v) is 5.70. The molecule has 0 bridgehead atoms. The van der Waals surface area contributed by atoms with Gasteiger partial charge in [-0.15, -0.1) is 0 Å². The summed E-state index contributed by atoms with van der Waals surface area (Å²) in [5.74, 6) is 0. The predicted molar refractivity (Wildman–Crippen MR) is 87.9 cm³/mol. The van der Waals surface area contributed by atoms with Crippen molar-refractivity contribution in [2.75, 3.05) is 6.54 Å². The number of nitrogens with two attached hydrogens (primary N) is 1. The molecule has 3 rings (SSSR count). The normalized spacial score (nSPS) is 11.2. The zero-order valence-electron chi connectivity index (χ0n) is 12.2. The zero-order chi connectivity index (χ0) is 15.0. The van der Waals surface area contributed by atoms with Crippen molar-refractivity contribution in [2.45, 2.75) is 20.3 Å². The third-order valence-corrected chi connectivity index (χ3v) is 4.18. The molecule has 2 N–H and O–H groups in total. The molecule has 0 fully saturated rings. The van der Waals surface area contributed by atoms with E-state index in [-0.39, 0.29) is 0 Å². The van der Waals surface area contributed by atoms with E-state index in [2.05, 4.69) is 23.5 Å². The van der Waals surface area contributed by atoms with Gasteiger partial charge in [-0.05, 0) is 49.7 Å². The lowest BCUT2D eigenvalue weighted by Gasteiger charge is -2.06. The minimum Gasteiger partial charge on any atom is -0.330 e. The van der Waals surface area contributed by atoms with Gasteiger partial charge in [0.25, 0.3) is 0 Å². The Morgan fingerprint density at radius 2 is 2.00 bits per heavy atom. The summed E-state index contributed by atoms with van der Waals surface area (Å²) in [6, 6.07) is 10.1. The van der Waals surface area contributed by atoms with Gasteiger partial charge in [-0.3, -0.25) is 0 Å². The van der Waals surface area contributed by atoms with Gasteiger partial charge in [-0.1, -0.05) is 23.7 Å². The number of hydrogen-bond donors (Lipinski definition) is 1. The Bertz CT molecular complexity index is 805. The SMILES string of the molecule is Cc1cc(-c2nc3c(C)cccn3c2CCN)ccc1Cl. The first-order valence-electron chi connectivity index (χ1n) is 7.05. The van der Waals surface area contributed by atoms with Crippen LogP contribution in [0, 0.1) is 13.8 Å². The Morgan fingerprint density at radius 1 is 1.19 bits per heavy atom. The molecule has 21 heavy (non-hydrogen) atoms. The third kappa shape index (κ3) is 2.43. The first-order chi connectivity index (χ1) is 10.1. The zero-order valence-corrected chi connectivity index (χ0v) is 13.0. The second-order valence-electron chi connectivity index (χ2n) is 5.29. The van der Waals surface area contributed by atoms with Crippen molar-refractivity contribution in [3.8, 4) is 11.3 Å². The molecule has 1 aromatic carbocycles. The second kappa shape index (κ2) is 5.51. The molecule has 2 heterocycles. The Labute approximate surface area is 129 Å². The van der Waals surface area contributed by atoms with E-state index in [0.29, 0.717) is 6.54 Å². The molecule has 0 aliphatic heterocycles. The number of aromatic nitrogens is 2. The molecule has 4 heteroatoms. The maximum absolute atomic E-state index is 6.13. The first kappa shape index (κ1) is 14.1. The maximum atomic E-state index is 6.13. The van der Waals surface area contributed by atoms with Crippen molar-refractivity contribution < 1.29 is 0 Å². The summed E-state index contributed by atoms with van der Waals surface area (Å²) in [6.45, 7) is 4.68. The molecule has 3 aromatic rings. The summed E-state index contributed by atoms with van der Waals surface area (Å²) in [5, 5.41) is 0.777. The number of aryl methyl sites for hydroxylation is 2. The Kier molecular flexibility index (Phi) is 3.70. The molecular formula is C17H18ClN3. The molecule has 0 amide bonds. The lowest BCUT2D eigenvalue weighted by atomic mass is 10.1. The molecule has 0 unspecified atom stereocenters. The molecule has 0 saturated heterocycles. The third-order valence-electron chi connectivity index (χ3n) is 3.76. The summed E-state index contributed by atoms with van der Waals surface area (Å²) in [6.07, 6.45) is 2.84. The fraction of sp³-hybridized carbons (Fsp3) is 0.235. The fourth-order valence-corrected chi connectivity index (χ4v) is 2.77. The van der Waals surface area contributed by atoms with E-state index in [9.17, 15) is 0 Å². The summed E-state index contributed by atoms with van der Waals surface area (Å²) in [4.78, 5) is 4.84. The van der Waals surface area contributed by atoms with Crippen LogP contribution in [0.1, 0.15) is 16.8 Å². The summed E-state index contributed by atoms with van der Waals surface area (Å²) >= 11 is 6.13. The maximum Gasteiger partial charge on any atom is 0.140 e. The quantitative estimate of drug-likeness (QED) is 0.800. The van der Waals surface area contributed by atoms with Crippen molar-refractivity contribution in [1.82, 2.24) is 9.38 Å². The van der Waals surface area contributed by atoms with E-state index in [0.717, 1.165) is 45.2 Å². The minimum atomic E-state index is 0.599. The van der Waals surface area contributed by atoms with Gasteiger partial charge >= 0.3 is 0 Å². The van der Waals surface area contributed by atoms with Gasteiger partial charge in [-0.25, -0.2) is 4.98 Å². The van der Waals surface area contributed by atoms with E-state index < -0.39 is 0 Å². The summed E-state index contributed by atoms with van der Waals surface area (Å²) in [7, 11) is 0. The van der Waals surface area contributed by atoms with Gasteiger partial charge < -0.3 is 10.1 Å². The van der Waals surface area contributed by atoms with E-state index in [1.165, 1.54) is 0 Å². The van der Waals surface area contributed by atoms with Crippen LogP contribution in [0.5, 0.6) is 0 Å². The molecule has 2 aromatic heterocycles. The number of fused-ring (bicyclic) bond motifs is 1. The van der Waals surface area contributed by atoms with Crippen molar-refractivity contribution in [2.24, 2.45) is 5.73 Å². The van der Waals surface area contributed by atoms with Crippen LogP contribution in [-0.2, 0) is 6.42 Å². The molecule has 0 atom stereocenters. The van der Waals surface area contributed by atoms with Crippen LogP contribution < -0.4 is 5.73 Å². The topological polar surface area (TPSA) is 43.3 Å². The van der Waals surface area contributed by atoms with Crippen molar-refractivity contribution in [1.29, 1.82) is 0 Å². The Morgan fingerprint density at radius 3 is 2.71 bits per heavy atom. The highest BCUT2D eigenvalue weighted by Gasteiger charge is 2.15. The van der Waals surface area contributed by atoms with Crippen LogP contribution in [0.4, 0.5) is 0 Å². The van der Waals surface area contributed by atoms with E-state index in [1.807, 2.05) is 31.3 Å². The number of benzene rings is 1. The first-order valence-corrected chi connectivity index (χ1v) is 7.42. The number of halogens is 1. The minimum absolute atomic E-state index is 0.599. The van der Waals surface area contributed by atoms with Crippen LogP contribution in [0.3, 0.4) is 0 Å². The molecular weight excluding hydrogens is 282 g/mol. The summed E-state index contributed by atoms with van der Waals surface area (Å²) < 4.78 is 2.14.